The van der Waals surface area contributed by atoms with Gasteiger partial charge in [0.1, 0.15) is 0 Å². The number of rotatable bonds is 2. The summed E-state index contributed by atoms with van der Waals surface area (Å²) in [6.45, 7) is 1.51. The molecule has 1 aromatic carbocycles. The molecule has 0 radical (unpaired) electrons. The summed E-state index contributed by atoms with van der Waals surface area (Å²) in [4.78, 5) is 0. The Labute approximate surface area is 91.7 Å². The van der Waals surface area contributed by atoms with Gasteiger partial charge in [-0.25, -0.2) is 0 Å². The molecule has 0 saturated carbocycles. The molecule has 1 atom stereocenters. The highest BCUT2D eigenvalue weighted by atomic mass is 127. The van der Waals surface area contributed by atoms with Crippen LogP contribution in [0.1, 0.15) is 24.0 Å². The first-order valence-electron chi connectivity index (χ1n) is 4.00. The van der Waals surface area contributed by atoms with Crippen molar-refractivity contribution in [3.05, 3.63) is 32.9 Å². The maximum atomic E-state index is 12.4. The van der Waals surface area contributed by atoms with E-state index in [9.17, 15) is 4.39 Å². The zero-order chi connectivity index (χ0) is 9.84. The van der Waals surface area contributed by atoms with Crippen LogP contribution in [-0.2, 0) is 0 Å². The van der Waals surface area contributed by atoms with E-state index < -0.39 is 0 Å². The van der Waals surface area contributed by atoms with Crippen LogP contribution in [0.25, 0.3) is 0 Å². The Balaban J connectivity index is 3.10. The lowest BCUT2D eigenvalue weighted by Crippen LogP contribution is -1.96. The third-order valence-electron chi connectivity index (χ3n) is 1.89. The molecule has 2 heteroatoms. The van der Waals surface area contributed by atoms with Gasteiger partial charge in [0.2, 0.25) is 0 Å². The zero-order valence-corrected chi connectivity index (χ0v) is 9.51. The van der Waals surface area contributed by atoms with Crippen molar-refractivity contribution >= 4 is 22.6 Å². The molecule has 0 N–H and O–H groups in total. The fraction of sp³-hybridized carbons (Fsp3) is 0.273. The van der Waals surface area contributed by atoms with E-state index in [0.717, 1.165) is 14.7 Å². The second-order valence-electron chi connectivity index (χ2n) is 2.97. The molecule has 0 heterocycles. The van der Waals surface area contributed by atoms with E-state index in [-0.39, 0.29) is 12.6 Å². The first kappa shape index (κ1) is 10.5. The predicted octanol–water partition coefficient (Wildman–Crippen LogP) is 3.35. The minimum absolute atomic E-state index is 0.0678. The standard InChI is InChI=1S/C11H10FI/c1-3-9-4-10(8(2)7-12)6-11(13)5-9/h1,4-6,8H,7H2,2H3. The summed E-state index contributed by atoms with van der Waals surface area (Å²) in [6.07, 6.45) is 5.28. The van der Waals surface area contributed by atoms with Gasteiger partial charge in [0, 0.05) is 15.1 Å². The number of halogens is 2. The van der Waals surface area contributed by atoms with Crippen LogP contribution in [0.2, 0.25) is 0 Å². The van der Waals surface area contributed by atoms with Gasteiger partial charge in [-0.05, 0) is 46.4 Å². The van der Waals surface area contributed by atoms with Gasteiger partial charge in [0.05, 0.1) is 6.67 Å². The lowest BCUT2D eigenvalue weighted by molar-refractivity contribution is 0.447. The van der Waals surface area contributed by atoms with Gasteiger partial charge < -0.3 is 0 Å². The van der Waals surface area contributed by atoms with Gasteiger partial charge in [-0.2, -0.15) is 0 Å². The Kier molecular flexibility index (Phi) is 3.73. The summed E-state index contributed by atoms with van der Waals surface area (Å²) in [5.74, 6) is 2.49. The van der Waals surface area contributed by atoms with Crippen LogP contribution >= 0.6 is 22.6 Å². The van der Waals surface area contributed by atoms with Crippen molar-refractivity contribution < 1.29 is 4.39 Å². The van der Waals surface area contributed by atoms with Crippen LogP contribution < -0.4 is 0 Å². The first-order chi connectivity index (χ1) is 6.17. The fourth-order valence-electron chi connectivity index (χ4n) is 1.07. The van der Waals surface area contributed by atoms with Gasteiger partial charge in [-0.3, -0.25) is 4.39 Å². The van der Waals surface area contributed by atoms with Crippen LogP contribution in [0.5, 0.6) is 0 Å². The molecule has 13 heavy (non-hydrogen) atoms. The van der Waals surface area contributed by atoms with Gasteiger partial charge in [0.15, 0.2) is 0 Å². The lowest BCUT2D eigenvalue weighted by Gasteiger charge is -2.08. The van der Waals surface area contributed by atoms with Crippen LogP contribution in [0.3, 0.4) is 0 Å². The quantitative estimate of drug-likeness (QED) is 0.578. The molecule has 0 fully saturated rings. The maximum absolute atomic E-state index is 12.4. The zero-order valence-electron chi connectivity index (χ0n) is 7.35. The highest BCUT2D eigenvalue weighted by Crippen LogP contribution is 2.20. The maximum Gasteiger partial charge on any atom is 0.0960 e. The summed E-state index contributed by atoms with van der Waals surface area (Å²) < 4.78 is 13.4. The summed E-state index contributed by atoms with van der Waals surface area (Å²) >= 11 is 2.19. The summed E-state index contributed by atoms with van der Waals surface area (Å²) in [5.41, 5.74) is 1.80. The monoisotopic (exact) mass is 288 g/mol. The largest absolute Gasteiger partial charge is 0.250 e. The van der Waals surface area contributed by atoms with Crippen molar-refractivity contribution in [3.63, 3.8) is 0 Å². The molecular formula is C11H10FI. The molecule has 0 amide bonds. The van der Waals surface area contributed by atoms with Crippen LogP contribution in [0.15, 0.2) is 18.2 Å². The Morgan fingerprint density at radius 1 is 1.54 bits per heavy atom. The Morgan fingerprint density at radius 3 is 2.77 bits per heavy atom. The number of terminal acetylenes is 1. The predicted molar refractivity (Wildman–Crippen MR) is 61.5 cm³/mol. The number of hydrogen-bond donors (Lipinski definition) is 0. The van der Waals surface area contributed by atoms with E-state index in [1.165, 1.54) is 0 Å². The SMILES string of the molecule is C#Cc1cc(I)cc(C(C)CF)c1. The van der Waals surface area contributed by atoms with E-state index in [0.29, 0.717) is 0 Å². The molecule has 1 unspecified atom stereocenters. The average molecular weight is 288 g/mol. The highest BCUT2D eigenvalue weighted by Gasteiger charge is 2.06. The molecule has 1 rings (SSSR count). The smallest absolute Gasteiger partial charge is 0.0960 e. The second kappa shape index (κ2) is 4.61. The molecule has 0 aliphatic carbocycles. The molecule has 0 aromatic heterocycles. The van der Waals surface area contributed by atoms with Crippen molar-refractivity contribution in [2.45, 2.75) is 12.8 Å². The number of hydrogen-bond acceptors (Lipinski definition) is 0. The Bertz CT molecular complexity index is 338. The molecule has 1 aromatic rings. The van der Waals surface area contributed by atoms with E-state index in [1.54, 1.807) is 0 Å². The number of alkyl halides is 1. The summed E-state index contributed by atoms with van der Waals surface area (Å²) in [7, 11) is 0. The lowest BCUT2D eigenvalue weighted by atomic mass is 10.0. The highest BCUT2D eigenvalue weighted by molar-refractivity contribution is 14.1. The summed E-state index contributed by atoms with van der Waals surface area (Å²) in [6, 6.07) is 5.74. The third-order valence-corrected chi connectivity index (χ3v) is 2.51. The fourth-order valence-corrected chi connectivity index (χ4v) is 1.76. The topological polar surface area (TPSA) is 0 Å². The van der Waals surface area contributed by atoms with Crippen LogP contribution in [0, 0.1) is 15.9 Å². The van der Waals surface area contributed by atoms with Crippen molar-refractivity contribution in [3.8, 4) is 12.3 Å². The van der Waals surface area contributed by atoms with Crippen molar-refractivity contribution in [1.82, 2.24) is 0 Å². The van der Waals surface area contributed by atoms with Gasteiger partial charge >= 0.3 is 0 Å². The van der Waals surface area contributed by atoms with Gasteiger partial charge in [-0.15, -0.1) is 6.42 Å². The molecule has 0 saturated heterocycles. The minimum atomic E-state index is -0.343. The van der Waals surface area contributed by atoms with Crippen LogP contribution in [0.4, 0.5) is 4.39 Å². The van der Waals surface area contributed by atoms with E-state index in [1.807, 2.05) is 25.1 Å². The molecule has 68 valence electrons. The van der Waals surface area contributed by atoms with E-state index >= 15 is 0 Å². The second-order valence-corrected chi connectivity index (χ2v) is 4.22. The van der Waals surface area contributed by atoms with Crippen molar-refractivity contribution in [1.29, 1.82) is 0 Å². The number of benzene rings is 1. The average Bonchev–Trinajstić information content (AvgIpc) is 2.15. The molecule has 0 aliphatic heterocycles. The molecule has 0 aliphatic rings. The Hall–Kier alpha value is -0.560. The third kappa shape index (κ3) is 2.70. The van der Waals surface area contributed by atoms with Gasteiger partial charge in [-0.1, -0.05) is 12.8 Å². The Morgan fingerprint density at radius 2 is 2.23 bits per heavy atom. The minimum Gasteiger partial charge on any atom is -0.250 e. The molecular weight excluding hydrogens is 278 g/mol. The van der Waals surface area contributed by atoms with Crippen LogP contribution in [-0.4, -0.2) is 6.67 Å². The van der Waals surface area contributed by atoms with Gasteiger partial charge in [0.25, 0.3) is 0 Å². The van der Waals surface area contributed by atoms with E-state index in [4.69, 9.17) is 6.42 Å². The molecule has 0 bridgehead atoms. The van der Waals surface area contributed by atoms with Crippen molar-refractivity contribution in [2.24, 2.45) is 0 Å². The van der Waals surface area contributed by atoms with Crippen molar-refractivity contribution in [2.75, 3.05) is 6.67 Å². The van der Waals surface area contributed by atoms with E-state index in [2.05, 4.69) is 28.5 Å². The first-order valence-corrected chi connectivity index (χ1v) is 5.08. The summed E-state index contributed by atoms with van der Waals surface area (Å²) in [5, 5.41) is 0. The normalized spacial score (nSPS) is 12.2. The molecule has 0 nitrogen and oxygen atoms in total. The molecule has 0 spiro atoms.